The summed E-state index contributed by atoms with van der Waals surface area (Å²) in [5.74, 6) is -0.0707. The molecule has 0 bridgehead atoms. The van der Waals surface area contributed by atoms with Crippen LogP contribution in [0.15, 0.2) is 33.2 Å². The Hall–Kier alpha value is -3.60. The first-order valence-corrected chi connectivity index (χ1v) is 11.2. The zero-order chi connectivity index (χ0) is 24.0. The molecule has 4 aromatic rings. The van der Waals surface area contributed by atoms with E-state index in [9.17, 15) is 14.0 Å². The van der Waals surface area contributed by atoms with E-state index in [1.165, 1.54) is 39.7 Å². The number of halogens is 1. The van der Waals surface area contributed by atoms with E-state index in [-0.39, 0.29) is 35.1 Å². The van der Waals surface area contributed by atoms with Crippen LogP contribution in [0.2, 0.25) is 0 Å². The lowest BCUT2D eigenvalue weighted by Crippen LogP contribution is -2.39. The van der Waals surface area contributed by atoms with Gasteiger partial charge in [-0.25, -0.2) is 13.8 Å². The van der Waals surface area contributed by atoms with Crippen molar-refractivity contribution in [3.8, 4) is 0 Å². The van der Waals surface area contributed by atoms with Crippen molar-refractivity contribution in [1.82, 2.24) is 18.9 Å². The molecule has 0 atom stereocenters. The number of benzene rings is 1. The third-order valence-corrected chi connectivity index (χ3v) is 6.54. The Morgan fingerprint density at radius 1 is 1.36 bits per heavy atom. The number of fused-ring (bicyclic) bond motifs is 2. The molecule has 4 rings (SSSR count). The minimum absolute atomic E-state index is 0.131. The molecule has 0 aliphatic heterocycles. The fourth-order valence-electron chi connectivity index (χ4n) is 3.84. The minimum Gasteiger partial charge on any atom is -0.317 e. The highest BCUT2D eigenvalue weighted by Crippen LogP contribution is 2.28. The van der Waals surface area contributed by atoms with Crippen molar-refractivity contribution in [1.29, 1.82) is 5.41 Å². The molecule has 0 saturated carbocycles. The van der Waals surface area contributed by atoms with Crippen LogP contribution in [0.1, 0.15) is 25.1 Å². The molecule has 33 heavy (non-hydrogen) atoms. The van der Waals surface area contributed by atoms with E-state index in [0.29, 0.717) is 12.2 Å². The van der Waals surface area contributed by atoms with Gasteiger partial charge < -0.3 is 5.73 Å². The number of thiophene rings is 1. The van der Waals surface area contributed by atoms with Gasteiger partial charge in [0.2, 0.25) is 12.2 Å². The molecule has 172 valence electrons. The Labute approximate surface area is 192 Å². The van der Waals surface area contributed by atoms with Gasteiger partial charge in [0.15, 0.2) is 5.65 Å². The van der Waals surface area contributed by atoms with Crippen molar-refractivity contribution < 1.29 is 8.97 Å². The third kappa shape index (κ3) is 3.78. The molecule has 0 saturated heterocycles. The van der Waals surface area contributed by atoms with E-state index < -0.39 is 11.2 Å². The molecular formula is C22H25FN7O2S+. The topological polar surface area (TPSA) is 115 Å². The van der Waals surface area contributed by atoms with Gasteiger partial charge in [0.25, 0.3) is 5.56 Å². The summed E-state index contributed by atoms with van der Waals surface area (Å²) in [5, 5.41) is 15.1. The van der Waals surface area contributed by atoms with Gasteiger partial charge in [-0.2, -0.15) is 10.5 Å². The molecule has 0 spiro atoms. The second kappa shape index (κ2) is 8.39. The van der Waals surface area contributed by atoms with Crippen LogP contribution in [0, 0.1) is 17.1 Å². The Kier molecular flexibility index (Phi) is 5.75. The quantitative estimate of drug-likeness (QED) is 0.254. The molecule has 0 aliphatic rings. The highest BCUT2D eigenvalue weighted by atomic mass is 32.1. The van der Waals surface area contributed by atoms with Crippen LogP contribution in [-0.4, -0.2) is 42.7 Å². The van der Waals surface area contributed by atoms with Crippen LogP contribution in [0.25, 0.3) is 21.1 Å². The zero-order valence-corrected chi connectivity index (χ0v) is 19.6. The highest BCUT2D eigenvalue weighted by molar-refractivity contribution is 7.17. The average molecular weight is 471 g/mol. The Bertz CT molecular complexity index is 1550. The highest BCUT2D eigenvalue weighted by Gasteiger charge is 2.26. The minimum atomic E-state index is -0.515. The largest absolute Gasteiger partial charge is 0.332 e. The number of rotatable bonds is 6. The lowest BCUT2D eigenvalue weighted by atomic mass is 10.1. The van der Waals surface area contributed by atoms with Gasteiger partial charge in [0, 0.05) is 23.7 Å². The first-order chi connectivity index (χ1) is 15.6. The van der Waals surface area contributed by atoms with E-state index in [0.717, 1.165) is 26.6 Å². The molecule has 0 unspecified atom stereocenters. The molecule has 0 radical (unpaired) electrons. The zero-order valence-electron chi connectivity index (χ0n) is 18.8. The van der Waals surface area contributed by atoms with E-state index >= 15 is 0 Å². The Balaban J connectivity index is 2.07. The van der Waals surface area contributed by atoms with E-state index in [1.807, 2.05) is 19.2 Å². The molecule has 3 N–H and O–H groups in total. The normalized spacial score (nSPS) is 12.7. The molecule has 1 aromatic carbocycles. The van der Waals surface area contributed by atoms with Gasteiger partial charge in [0.1, 0.15) is 16.9 Å². The molecule has 9 nitrogen and oxygen atoms in total. The smallest absolute Gasteiger partial charge is 0.317 e. The maximum Gasteiger partial charge on any atom is 0.332 e. The average Bonchev–Trinajstić information content (AvgIpc) is 3.35. The fourth-order valence-corrected chi connectivity index (χ4v) is 4.77. The molecule has 3 heterocycles. The van der Waals surface area contributed by atoms with E-state index in [4.69, 9.17) is 11.1 Å². The number of nitrogens with one attached hydrogen (secondary N) is 1. The van der Waals surface area contributed by atoms with Crippen LogP contribution in [0.3, 0.4) is 0 Å². The second-order valence-electron chi connectivity index (χ2n) is 8.38. The van der Waals surface area contributed by atoms with Gasteiger partial charge in [-0.1, -0.05) is 13.8 Å². The predicted molar refractivity (Wildman–Crippen MR) is 128 cm³/mol. The number of nitrogens with two attached hydrogens (primary N) is 1. The monoisotopic (exact) mass is 470 g/mol. The summed E-state index contributed by atoms with van der Waals surface area (Å²) < 4.78 is 20.3. The number of amidine groups is 1. The van der Waals surface area contributed by atoms with Gasteiger partial charge in [0.05, 0.1) is 13.6 Å². The number of hydrogen-bond donors (Lipinski definition) is 2. The molecule has 0 amide bonds. The standard InChI is InChI=1S/C22H24FN7O2S/c1-12(2)8-29-20-17(21(31)28(4)22(29)32)18(19(25)27(3)11-24)30(26-20)9-13-10-33-16-6-5-14(23)7-15(13)16/h5-7,10-12,24-25H,8-9H2,1-4H3/p+1. The second-order valence-corrected chi connectivity index (χ2v) is 9.29. The molecule has 3 aromatic heterocycles. The summed E-state index contributed by atoms with van der Waals surface area (Å²) in [5.41, 5.74) is 6.75. The van der Waals surface area contributed by atoms with Gasteiger partial charge in [-0.3, -0.25) is 18.6 Å². The van der Waals surface area contributed by atoms with Crippen molar-refractivity contribution >= 4 is 44.6 Å². The van der Waals surface area contributed by atoms with Crippen LogP contribution in [0.4, 0.5) is 4.39 Å². The predicted octanol–water partition coefficient (Wildman–Crippen LogP) is 1.91. The molecular weight excluding hydrogens is 445 g/mol. The summed E-state index contributed by atoms with van der Waals surface area (Å²) in [6.07, 6.45) is 1.03. The van der Waals surface area contributed by atoms with Crippen molar-refractivity contribution in [2.24, 2.45) is 18.7 Å². The molecule has 11 heteroatoms. The Morgan fingerprint density at radius 3 is 2.76 bits per heavy atom. The molecule has 0 fully saturated rings. The van der Waals surface area contributed by atoms with Crippen LogP contribution in [-0.2, 0) is 20.1 Å². The third-order valence-electron chi connectivity index (χ3n) is 5.53. The maximum absolute atomic E-state index is 13.9. The lowest BCUT2D eigenvalue weighted by molar-refractivity contribution is -0.362. The van der Waals surface area contributed by atoms with E-state index in [2.05, 4.69) is 5.10 Å². The molecule has 0 aliphatic carbocycles. The number of aromatic nitrogens is 4. The van der Waals surface area contributed by atoms with Crippen molar-refractivity contribution in [2.75, 3.05) is 7.05 Å². The van der Waals surface area contributed by atoms with Gasteiger partial charge in [-0.15, -0.1) is 11.3 Å². The summed E-state index contributed by atoms with van der Waals surface area (Å²) in [6, 6.07) is 4.60. The van der Waals surface area contributed by atoms with Crippen molar-refractivity contribution in [3.63, 3.8) is 0 Å². The first kappa shape index (κ1) is 22.6. The number of nitrogens with zero attached hydrogens (tertiary/aromatic N) is 5. The van der Waals surface area contributed by atoms with Crippen LogP contribution >= 0.6 is 11.3 Å². The summed E-state index contributed by atoms with van der Waals surface area (Å²) >= 11 is 1.48. The van der Waals surface area contributed by atoms with E-state index in [1.54, 1.807) is 17.8 Å². The Morgan fingerprint density at radius 2 is 2.09 bits per heavy atom. The summed E-state index contributed by atoms with van der Waals surface area (Å²) in [4.78, 5) is 26.1. The van der Waals surface area contributed by atoms with Crippen molar-refractivity contribution in [2.45, 2.75) is 26.9 Å². The SMILES string of the molecule is CC(C)Cn1c(=O)n(C)c(=O)c2c(C(N)=[N+](C)C=N)n(Cc3csc4ccc(F)cc34)nc21. The van der Waals surface area contributed by atoms with Crippen LogP contribution < -0.4 is 17.0 Å². The summed E-state index contributed by atoms with van der Waals surface area (Å²) in [6.45, 7) is 4.51. The summed E-state index contributed by atoms with van der Waals surface area (Å²) in [7, 11) is 3.02. The first-order valence-electron chi connectivity index (χ1n) is 10.4. The van der Waals surface area contributed by atoms with Gasteiger partial charge >= 0.3 is 5.69 Å². The van der Waals surface area contributed by atoms with Crippen molar-refractivity contribution in [3.05, 3.63) is 61.5 Å². The fraction of sp³-hybridized carbons (Fsp3) is 0.318. The van der Waals surface area contributed by atoms with Gasteiger partial charge in [-0.05, 0) is 35.1 Å². The number of hydrogen-bond acceptors (Lipinski definition) is 5. The lowest BCUT2D eigenvalue weighted by Gasteiger charge is -2.10. The van der Waals surface area contributed by atoms with Crippen LogP contribution in [0.5, 0.6) is 0 Å². The maximum atomic E-state index is 13.9.